The van der Waals surface area contributed by atoms with Crippen molar-refractivity contribution in [3.63, 3.8) is 0 Å². The van der Waals surface area contributed by atoms with Crippen LogP contribution in [0.15, 0.2) is 29.3 Å². The minimum Gasteiger partial charge on any atom is -0.370 e. The lowest BCUT2D eigenvalue weighted by molar-refractivity contribution is 0.699. The standard InChI is InChI=1S/C16H26N4S/c1-13(2)19-16(17-3)18-12-14-4-6-15(7-5-14)20-8-10-21-11-9-20/h4-7,13H,8-12H2,1-3H3,(H2,17,18,19). The maximum Gasteiger partial charge on any atom is 0.191 e. The van der Waals surface area contributed by atoms with Crippen LogP contribution in [-0.4, -0.2) is 43.6 Å². The molecule has 5 heteroatoms. The number of anilines is 1. The zero-order chi connectivity index (χ0) is 15.1. The highest BCUT2D eigenvalue weighted by Crippen LogP contribution is 2.19. The van der Waals surface area contributed by atoms with E-state index in [4.69, 9.17) is 0 Å². The summed E-state index contributed by atoms with van der Waals surface area (Å²) in [6.07, 6.45) is 0. The van der Waals surface area contributed by atoms with Crippen molar-refractivity contribution in [2.45, 2.75) is 26.4 Å². The summed E-state index contributed by atoms with van der Waals surface area (Å²) in [5.74, 6) is 3.32. The van der Waals surface area contributed by atoms with E-state index in [2.05, 4.69) is 58.6 Å². The lowest BCUT2D eigenvalue weighted by Gasteiger charge is -2.28. The van der Waals surface area contributed by atoms with Gasteiger partial charge in [0.15, 0.2) is 5.96 Å². The highest BCUT2D eigenvalue weighted by atomic mass is 32.2. The largest absolute Gasteiger partial charge is 0.370 e. The second-order valence-corrected chi connectivity index (χ2v) is 6.72. The van der Waals surface area contributed by atoms with Gasteiger partial charge in [0, 0.05) is 49.9 Å². The Labute approximate surface area is 132 Å². The highest BCUT2D eigenvalue weighted by molar-refractivity contribution is 7.99. The summed E-state index contributed by atoms with van der Waals surface area (Å²) in [6.45, 7) is 7.33. The number of hydrogen-bond donors (Lipinski definition) is 2. The molecule has 1 fully saturated rings. The zero-order valence-electron chi connectivity index (χ0n) is 13.2. The molecule has 1 aliphatic heterocycles. The average molecular weight is 306 g/mol. The Bertz CT molecular complexity index is 450. The number of thioether (sulfide) groups is 1. The van der Waals surface area contributed by atoms with Crippen LogP contribution in [0.4, 0.5) is 5.69 Å². The summed E-state index contributed by atoms with van der Waals surface area (Å²) in [6, 6.07) is 9.24. The number of rotatable bonds is 4. The van der Waals surface area contributed by atoms with Crippen LogP contribution in [0.2, 0.25) is 0 Å². The molecule has 116 valence electrons. The first-order chi connectivity index (χ1) is 10.2. The molecule has 1 aliphatic rings. The summed E-state index contributed by atoms with van der Waals surface area (Å²) in [5.41, 5.74) is 2.61. The van der Waals surface area contributed by atoms with Gasteiger partial charge in [0.1, 0.15) is 0 Å². The van der Waals surface area contributed by atoms with Crippen LogP contribution < -0.4 is 15.5 Å². The fourth-order valence-electron chi connectivity index (χ4n) is 2.30. The molecule has 0 aromatic heterocycles. The van der Waals surface area contributed by atoms with Crippen LogP contribution in [0.5, 0.6) is 0 Å². The number of nitrogens with one attached hydrogen (secondary N) is 2. The first kappa shape index (κ1) is 16.0. The van der Waals surface area contributed by atoms with Crippen LogP contribution in [0.25, 0.3) is 0 Å². The van der Waals surface area contributed by atoms with Crippen molar-refractivity contribution in [3.8, 4) is 0 Å². The van der Waals surface area contributed by atoms with E-state index in [1.807, 2.05) is 11.8 Å². The molecule has 0 aliphatic carbocycles. The number of hydrogen-bond acceptors (Lipinski definition) is 3. The molecular weight excluding hydrogens is 280 g/mol. The van der Waals surface area contributed by atoms with Crippen molar-refractivity contribution in [2.24, 2.45) is 4.99 Å². The van der Waals surface area contributed by atoms with Gasteiger partial charge in [-0.25, -0.2) is 0 Å². The smallest absolute Gasteiger partial charge is 0.191 e. The molecule has 1 heterocycles. The molecule has 21 heavy (non-hydrogen) atoms. The molecule has 0 amide bonds. The molecule has 1 saturated heterocycles. The Hall–Kier alpha value is -1.36. The Morgan fingerprint density at radius 1 is 1.24 bits per heavy atom. The lowest BCUT2D eigenvalue weighted by Crippen LogP contribution is -2.40. The first-order valence-electron chi connectivity index (χ1n) is 7.58. The van der Waals surface area contributed by atoms with Crippen LogP contribution >= 0.6 is 11.8 Å². The van der Waals surface area contributed by atoms with Crippen LogP contribution in [0.1, 0.15) is 19.4 Å². The molecule has 0 radical (unpaired) electrons. The van der Waals surface area contributed by atoms with Gasteiger partial charge in [0.2, 0.25) is 0 Å². The van der Waals surface area contributed by atoms with E-state index in [0.29, 0.717) is 6.04 Å². The monoisotopic (exact) mass is 306 g/mol. The maximum atomic E-state index is 4.22. The fourth-order valence-corrected chi connectivity index (χ4v) is 3.20. The molecule has 1 aromatic carbocycles. The van der Waals surface area contributed by atoms with Crippen LogP contribution in [0, 0.1) is 0 Å². The normalized spacial score (nSPS) is 16.2. The quantitative estimate of drug-likeness (QED) is 0.661. The molecule has 1 aromatic rings. The topological polar surface area (TPSA) is 39.7 Å². The van der Waals surface area contributed by atoms with E-state index in [0.717, 1.165) is 25.6 Å². The van der Waals surface area contributed by atoms with Crippen molar-refractivity contribution in [1.82, 2.24) is 10.6 Å². The average Bonchev–Trinajstić information content (AvgIpc) is 2.52. The molecular formula is C16H26N4S. The Kier molecular flexibility index (Phi) is 6.23. The van der Waals surface area contributed by atoms with Crippen molar-refractivity contribution < 1.29 is 0 Å². The molecule has 2 rings (SSSR count). The van der Waals surface area contributed by atoms with Gasteiger partial charge >= 0.3 is 0 Å². The Morgan fingerprint density at radius 3 is 2.48 bits per heavy atom. The number of aliphatic imine (C=N–C) groups is 1. The number of guanidine groups is 1. The summed E-state index contributed by atoms with van der Waals surface area (Å²) in [4.78, 5) is 6.68. The van der Waals surface area contributed by atoms with Gasteiger partial charge in [-0.05, 0) is 31.5 Å². The fraction of sp³-hybridized carbons (Fsp3) is 0.562. The molecule has 2 N–H and O–H groups in total. The molecule has 0 saturated carbocycles. The van der Waals surface area contributed by atoms with E-state index in [-0.39, 0.29) is 0 Å². The molecule has 0 atom stereocenters. The van der Waals surface area contributed by atoms with Crippen molar-refractivity contribution in [3.05, 3.63) is 29.8 Å². The van der Waals surface area contributed by atoms with Crippen molar-refractivity contribution >= 4 is 23.4 Å². The summed E-state index contributed by atoms with van der Waals surface area (Å²) >= 11 is 2.04. The van der Waals surface area contributed by atoms with Crippen LogP contribution in [-0.2, 0) is 6.54 Å². The Balaban J connectivity index is 1.87. The van der Waals surface area contributed by atoms with Crippen molar-refractivity contribution in [2.75, 3.05) is 36.5 Å². The van der Waals surface area contributed by atoms with Crippen molar-refractivity contribution in [1.29, 1.82) is 0 Å². The van der Waals surface area contributed by atoms with E-state index in [9.17, 15) is 0 Å². The van der Waals surface area contributed by atoms with Gasteiger partial charge in [0.25, 0.3) is 0 Å². The number of benzene rings is 1. The lowest BCUT2D eigenvalue weighted by atomic mass is 10.2. The Morgan fingerprint density at radius 2 is 1.90 bits per heavy atom. The van der Waals surface area contributed by atoms with E-state index < -0.39 is 0 Å². The summed E-state index contributed by atoms with van der Waals surface area (Å²) in [5, 5.41) is 6.63. The second-order valence-electron chi connectivity index (χ2n) is 5.49. The predicted molar refractivity (Wildman–Crippen MR) is 94.5 cm³/mol. The summed E-state index contributed by atoms with van der Waals surface area (Å²) in [7, 11) is 1.80. The highest BCUT2D eigenvalue weighted by Gasteiger charge is 2.10. The molecule has 0 unspecified atom stereocenters. The molecule has 4 nitrogen and oxygen atoms in total. The van der Waals surface area contributed by atoms with E-state index >= 15 is 0 Å². The maximum absolute atomic E-state index is 4.22. The third-order valence-electron chi connectivity index (χ3n) is 3.42. The van der Waals surface area contributed by atoms with Crippen LogP contribution in [0.3, 0.4) is 0 Å². The molecule has 0 spiro atoms. The third-order valence-corrected chi connectivity index (χ3v) is 4.36. The molecule has 0 bridgehead atoms. The van der Waals surface area contributed by atoms with E-state index in [1.165, 1.54) is 22.8 Å². The minimum atomic E-state index is 0.385. The first-order valence-corrected chi connectivity index (χ1v) is 8.73. The minimum absolute atomic E-state index is 0.385. The van der Waals surface area contributed by atoms with E-state index in [1.54, 1.807) is 7.05 Å². The van der Waals surface area contributed by atoms with Gasteiger partial charge in [-0.2, -0.15) is 11.8 Å². The predicted octanol–water partition coefficient (Wildman–Crippen LogP) is 2.31. The van der Waals surface area contributed by atoms with Gasteiger partial charge in [0.05, 0.1) is 0 Å². The SMILES string of the molecule is CN=C(NCc1ccc(N2CCSCC2)cc1)NC(C)C. The second kappa shape index (κ2) is 8.17. The third kappa shape index (κ3) is 5.16. The summed E-state index contributed by atoms with van der Waals surface area (Å²) < 4.78 is 0. The van der Waals surface area contributed by atoms with Gasteiger partial charge < -0.3 is 15.5 Å². The van der Waals surface area contributed by atoms with Gasteiger partial charge in [-0.1, -0.05) is 12.1 Å². The zero-order valence-corrected chi connectivity index (χ0v) is 14.0. The van der Waals surface area contributed by atoms with Gasteiger partial charge in [-0.3, -0.25) is 4.99 Å². The van der Waals surface area contributed by atoms with Gasteiger partial charge in [-0.15, -0.1) is 0 Å². The number of nitrogens with zero attached hydrogens (tertiary/aromatic N) is 2.